The third-order valence-electron chi connectivity index (χ3n) is 3.28. The molecule has 3 nitrogen and oxygen atoms in total. The molecule has 2 unspecified atom stereocenters. The fourth-order valence-electron chi connectivity index (χ4n) is 2.06. The molecular weight excluding hydrogens is 198 g/mol. The Hall–Kier alpha value is -0.830. The fourth-order valence-corrected chi connectivity index (χ4v) is 2.06. The van der Waals surface area contributed by atoms with E-state index in [1.807, 2.05) is 11.7 Å². The first-order chi connectivity index (χ1) is 7.63. The summed E-state index contributed by atoms with van der Waals surface area (Å²) in [6.07, 6.45) is 2.19. The number of aromatic nitrogens is 2. The molecule has 0 bridgehead atoms. The Balaban J connectivity index is 2.95. The zero-order chi connectivity index (χ0) is 12.1. The number of nitrogens with one attached hydrogen (secondary N) is 1. The molecule has 16 heavy (non-hydrogen) atoms. The van der Waals surface area contributed by atoms with E-state index < -0.39 is 0 Å². The predicted octanol–water partition coefficient (Wildman–Crippen LogP) is 2.68. The molecule has 1 N–H and O–H groups in total. The van der Waals surface area contributed by atoms with Crippen molar-refractivity contribution in [1.82, 2.24) is 15.1 Å². The van der Waals surface area contributed by atoms with Crippen LogP contribution in [0.5, 0.6) is 0 Å². The van der Waals surface area contributed by atoms with Gasteiger partial charge in [-0.15, -0.1) is 0 Å². The Morgan fingerprint density at radius 1 is 1.38 bits per heavy atom. The number of nitrogens with zero attached hydrogens (tertiary/aromatic N) is 2. The summed E-state index contributed by atoms with van der Waals surface area (Å²) in [6.45, 7) is 9.85. The van der Waals surface area contributed by atoms with Crippen molar-refractivity contribution in [2.24, 2.45) is 13.0 Å². The van der Waals surface area contributed by atoms with Gasteiger partial charge in [-0.2, -0.15) is 5.10 Å². The monoisotopic (exact) mass is 223 g/mol. The number of aryl methyl sites for hydroxylation is 2. The van der Waals surface area contributed by atoms with Gasteiger partial charge in [-0.1, -0.05) is 34.1 Å². The SMILES string of the molecule is CCNC(c1cc(CC)nn1C)C(C)CC. The lowest BCUT2D eigenvalue weighted by Gasteiger charge is -2.23. The normalized spacial score (nSPS) is 15.1. The maximum absolute atomic E-state index is 4.53. The van der Waals surface area contributed by atoms with E-state index in [1.165, 1.54) is 17.8 Å². The highest BCUT2D eigenvalue weighted by Crippen LogP contribution is 2.24. The molecule has 0 saturated carbocycles. The van der Waals surface area contributed by atoms with Gasteiger partial charge in [-0.25, -0.2) is 0 Å². The quantitative estimate of drug-likeness (QED) is 0.803. The lowest BCUT2D eigenvalue weighted by molar-refractivity contribution is 0.365. The van der Waals surface area contributed by atoms with Crippen LogP contribution < -0.4 is 5.32 Å². The number of hydrogen-bond donors (Lipinski definition) is 1. The molecule has 3 heteroatoms. The third-order valence-corrected chi connectivity index (χ3v) is 3.28. The van der Waals surface area contributed by atoms with E-state index in [2.05, 4.69) is 44.2 Å². The summed E-state index contributed by atoms with van der Waals surface area (Å²) >= 11 is 0. The van der Waals surface area contributed by atoms with Crippen LogP contribution in [0.4, 0.5) is 0 Å². The molecule has 0 spiro atoms. The predicted molar refractivity (Wildman–Crippen MR) is 68.5 cm³/mol. The molecule has 0 aliphatic rings. The van der Waals surface area contributed by atoms with E-state index in [0.717, 1.165) is 13.0 Å². The second-order valence-electron chi connectivity index (χ2n) is 4.46. The average molecular weight is 223 g/mol. The molecule has 2 atom stereocenters. The molecule has 0 aliphatic carbocycles. The summed E-state index contributed by atoms with van der Waals surface area (Å²) in [6, 6.07) is 2.66. The van der Waals surface area contributed by atoms with Gasteiger partial charge in [-0.05, 0) is 24.9 Å². The Labute approximate surface area is 99.2 Å². The average Bonchev–Trinajstić information content (AvgIpc) is 2.66. The van der Waals surface area contributed by atoms with Crippen LogP contribution in [0.3, 0.4) is 0 Å². The maximum Gasteiger partial charge on any atom is 0.0625 e. The van der Waals surface area contributed by atoms with Gasteiger partial charge < -0.3 is 5.32 Å². The van der Waals surface area contributed by atoms with Crippen LogP contribution in [-0.4, -0.2) is 16.3 Å². The van der Waals surface area contributed by atoms with E-state index in [1.54, 1.807) is 0 Å². The third kappa shape index (κ3) is 2.85. The second kappa shape index (κ2) is 6.04. The zero-order valence-electron chi connectivity index (χ0n) is 11.2. The minimum absolute atomic E-state index is 0.424. The Kier molecular flexibility index (Phi) is 5.00. The zero-order valence-corrected chi connectivity index (χ0v) is 11.2. The first kappa shape index (κ1) is 13.2. The molecule has 1 aromatic rings. The van der Waals surface area contributed by atoms with Crippen molar-refractivity contribution in [3.8, 4) is 0 Å². The highest BCUT2D eigenvalue weighted by Gasteiger charge is 2.20. The standard InChI is InChI=1S/C13H25N3/c1-6-10(4)13(14-8-3)12-9-11(7-2)15-16(12)5/h9-10,13-14H,6-8H2,1-5H3. The molecule has 0 aliphatic heterocycles. The van der Waals surface area contributed by atoms with Gasteiger partial charge in [0.1, 0.15) is 0 Å². The van der Waals surface area contributed by atoms with Crippen molar-refractivity contribution < 1.29 is 0 Å². The molecule has 0 amide bonds. The van der Waals surface area contributed by atoms with Crippen LogP contribution in [0.2, 0.25) is 0 Å². The fraction of sp³-hybridized carbons (Fsp3) is 0.769. The molecule has 1 rings (SSSR count). The summed E-state index contributed by atoms with van der Waals surface area (Å²) in [4.78, 5) is 0. The first-order valence-corrected chi connectivity index (χ1v) is 6.40. The van der Waals surface area contributed by atoms with E-state index in [-0.39, 0.29) is 0 Å². The summed E-state index contributed by atoms with van der Waals surface area (Å²) in [5.74, 6) is 0.639. The van der Waals surface area contributed by atoms with Crippen LogP contribution in [0.1, 0.15) is 51.5 Å². The Morgan fingerprint density at radius 2 is 2.06 bits per heavy atom. The van der Waals surface area contributed by atoms with Crippen molar-refractivity contribution in [3.63, 3.8) is 0 Å². The smallest absolute Gasteiger partial charge is 0.0625 e. The molecule has 0 fully saturated rings. The highest BCUT2D eigenvalue weighted by atomic mass is 15.3. The molecule has 92 valence electrons. The summed E-state index contributed by atoms with van der Waals surface area (Å²) in [5.41, 5.74) is 2.50. The van der Waals surface area contributed by atoms with Crippen molar-refractivity contribution in [2.45, 2.75) is 46.6 Å². The van der Waals surface area contributed by atoms with Gasteiger partial charge in [0.2, 0.25) is 0 Å². The Morgan fingerprint density at radius 3 is 2.50 bits per heavy atom. The van der Waals surface area contributed by atoms with E-state index >= 15 is 0 Å². The lowest BCUT2D eigenvalue weighted by atomic mass is 9.96. The minimum atomic E-state index is 0.424. The lowest BCUT2D eigenvalue weighted by Crippen LogP contribution is -2.28. The molecular formula is C13H25N3. The molecule has 1 aromatic heterocycles. The van der Waals surface area contributed by atoms with Gasteiger partial charge in [0, 0.05) is 7.05 Å². The van der Waals surface area contributed by atoms with Gasteiger partial charge in [0.15, 0.2) is 0 Å². The van der Waals surface area contributed by atoms with Crippen LogP contribution in [0.15, 0.2) is 6.07 Å². The topological polar surface area (TPSA) is 29.9 Å². The highest BCUT2D eigenvalue weighted by molar-refractivity contribution is 5.15. The first-order valence-electron chi connectivity index (χ1n) is 6.40. The molecule has 0 radical (unpaired) electrons. The van der Waals surface area contributed by atoms with Crippen molar-refractivity contribution >= 4 is 0 Å². The Bertz CT molecular complexity index is 317. The number of rotatable bonds is 6. The van der Waals surface area contributed by atoms with Gasteiger partial charge in [0.05, 0.1) is 17.4 Å². The van der Waals surface area contributed by atoms with E-state index in [9.17, 15) is 0 Å². The molecule has 1 heterocycles. The van der Waals surface area contributed by atoms with Gasteiger partial charge in [0.25, 0.3) is 0 Å². The van der Waals surface area contributed by atoms with Crippen molar-refractivity contribution in [2.75, 3.05) is 6.54 Å². The van der Waals surface area contributed by atoms with Crippen LogP contribution in [-0.2, 0) is 13.5 Å². The largest absolute Gasteiger partial charge is 0.309 e. The van der Waals surface area contributed by atoms with E-state index in [0.29, 0.717) is 12.0 Å². The van der Waals surface area contributed by atoms with Crippen LogP contribution >= 0.6 is 0 Å². The van der Waals surface area contributed by atoms with Crippen molar-refractivity contribution in [3.05, 3.63) is 17.5 Å². The summed E-state index contributed by atoms with van der Waals surface area (Å²) < 4.78 is 2.03. The molecule has 0 aromatic carbocycles. The summed E-state index contributed by atoms with van der Waals surface area (Å²) in [5, 5.41) is 8.09. The van der Waals surface area contributed by atoms with Crippen LogP contribution in [0.25, 0.3) is 0 Å². The number of hydrogen-bond acceptors (Lipinski definition) is 2. The van der Waals surface area contributed by atoms with Crippen LogP contribution in [0, 0.1) is 5.92 Å². The molecule has 0 saturated heterocycles. The minimum Gasteiger partial charge on any atom is -0.309 e. The maximum atomic E-state index is 4.53. The van der Waals surface area contributed by atoms with E-state index in [4.69, 9.17) is 0 Å². The second-order valence-corrected chi connectivity index (χ2v) is 4.46. The van der Waals surface area contributed by atoms with Gasteiger partial charge in [-0.3, -0.25) is 4.68 Å². The van der Waals surface area contributed by atoms with Crippen molar-refractivity contribution in [1.29, 1.82) is 0 Å². The van der Waals surface area contributed by atoms with Gasteiger partial charge >= 0.3 is 0 Å². The summed E-state index contributed by atoms with van der Waals surface area (Å²) in [7, 11) is 2.04.